The van der Waals surface area contributed by atoms with E-state index < -0.39 is 0 Å². The predicted octanol–water partition coefficient (Wildman–Crippen LogP) is 6.84. The molecule has 2 aliphatic carbocycles. The smallest absolute Gasteiger partial charge is 0.0303 e. The van der Waals surface area contributed by atoms with E-state index >= 15 is 0 Å². The van der Waals surface area contributed by atoms with Gasteiger partial charge in [0.1, 0.15) is 0 Å². The molecule has 0 spiro atoms. The lowest BCUT2D eigenvalue weighted by atomic mass is 9.67. The van der Waals surface area contributed by atoms with Crippen molar-refractivity contribution in [3.8, 4) is 0 Å². The molecule has 0 aromatic carbocycles. The van der Waals surface area contributed by atoms with Crippen LogP contribution in [0.1, 0.15) is 99.3 Å². The minimum Gasteiger partial charge on any atom is -0.0649 e. The van der Waals surface area contributed by atoms with Crippen molar-refractivity contribution in [1.29, 1.82) is 0 Å². The first kappa shape index (κ1) is 17.1. The highest BCUT2D eigenvalue weighted by Crippen LogP contribution is 2.43. The number of hydrogen-bond donors (Lipinski definition) is 0. The van der Waals surface area contributed by atoms with Crippen LogP contribution in [0.3, 0.4) is 0 Å². The van der Waals surface area contributed by atoms with Crippen molar-refractivity contribution < 1.29 is 0 Å². The summed E-state index contributed by atoms with van der Waals surface area (Å²) in [5.41, 5.74) is 1.32. The Morgan fingerprint density at radius 3 is 1.63 bits per heavy atom. The summed E-state index contributed by atoms with van der Waals surface area (Å²) < 4.78 is 0. The summed E-state index contributed by atoms with van der Waals surface area (Å²) >= 11 is 0. The fraction of sp³-hybridized carbons (Fsp3) is 1.00. The van der Waals surface area contributed by atoms with Crippen molar-refractivity contribution in [2.24, 2.45) is 22.7 Å². The Bertz CT molecular complexity index is 253. The van der Waals surface area contributed by atoms with E-state index in [9.17, 15) is 0 Å². The molecule has 0 amide bonds. The zero-order chi connectivity index (χ0) is 14.5. The Balaban J connectivity index is 0.000000191. The summed E-state index contributed by atoms with van der Waals surface area (Å²) in [6, 6.07) is 0. The van der Waals surface area contributed by atoms with E-state index in [2.05, 4.69) is 41.5 Å². The summed E-state index contributed by atoms with van der Waals surface area (Å²) in [4.78, 5) is 0. The molecule has 0 aliphatic heterocycles. The molecule has 2 saturated carbocycles. The maximum absolute atomic E-state index is 2.46. The first-order valence-corrected chi connectivity index (χ1v) is 8.82. The summed E-state index contributed by atoms with van der Waals surface area (Å²) in [7, 11) is 0. The van der Waals surface area contributed by atoms with Crippen molar-refractivity contribution >= 4 is 0 Å². The van der Waals surface area contributed by atoms with Crippen molar-refractivity contribution in [3.05, 3.63) is 0 Å². The zero-order valence-electron chi connectivity index (χ0n) is 14.5. The fourth-order valence-corrected chi connectivity index (χ4v) is 3.77. The zero-order valence-corrected chi connectivity index (χ0v) is 14.5. The van der Waals surface area contributed by atoms with Gasteiger partial charge in [-0.2, -0.15) is 0 Å². The maximum atomic E-state index is 2.46. The predicted molar refractivity (Wildman–Crippen MR) is 87.4 cm³/mol. The van der Waals surface area contributed by atoms with Gasteiger partial charge in [0, 0.05) is 0 Å². The van der Waals surface area contributed by atoms with Crippen LogP contribution < -0.4 is 0 Å². The van der Waals surface area contributed by atoms with Gasteiger partial charge in [-0.3, -0.25) is 0 Å². The average Bonchev–Trinajstić information content (AvgIpc) is 2.38. The molecule has 0 nitrogen and oxygen atoms in total. The third-order valence-electron chi connectivity index (χ3n) is 6.67. The van der Waals surface area contributed by atoms with Gasteiger partial charge >= 0.3 is 0 Å². The lowest BCUT2D eigenvalue weighted by Crippen LogP contribution is -2.27. The Hall–Kier alpha value is 0. The summed E-state index contributed by atoms with van der Waals surface area (Å²) in [5, 5.41) is 0. The van der Waals surface area contributed by atoms with E-state index in [-0.39, 0.29) is 0 Å². The first-order chi connectivity index (χ1) is 8.82. The van der Waals surface area contributed by atoms with Crippen molar-refractivity contribution in [2.45, 2.75) is 99.3 Å². The van der Waals surface area contributed by atoms with Gasteiger partial charge in [0.05, 0.1) is 0 Å². The maximum Gasteiger partial charge on any atom is -0.0303 e. The molecule has 2 fully saturated rings. The summed E-state index contributed by atoms with van der Waals surface area (Å²) in [5.74, 6) is 1.91. The molecular weight excluding hydrogens is 228 g/mol. The molecule has 0 saturated heterocycles. The quantitative estimate of drug-likeness (QED) is 0.487. The van der Waals surface area contributed by atoms with Gasteiger partial charge in [-0.1, -0.05) is 86.5 Å². The second kappa shape index (κ2) is 7.14. The lowest BCUT2D eigenvalue weighted by Gasteiger charge is -2.39. The molecule has 2 aliphatic rings. The summed E-state index contributed by atoms with van der Waals surface area (Å²) in [6.45, 7) is 14.4. The fourth-order valence-electron chi connectivity index (χ4n) is 3.77. The molecule has 0 bridgehead atoms. The molecule has 3 atom stereocenters. The van der Waals surface area contributed by atoms with Gasteiger partial charge in [0.2, 0.25) is 0 Å². The molecule has 19 heavy (non-hydrogen) atoms. The van der Waals surface area contributed by atoms with Gasteiger partial charge in [0.25, 0.3) is 0 Å². The Labute approximate surface area is 122 Å². The molecule has 0 N–H and O–H groups in total. The molecule has 0 heteroatoms. The number of hydrogen-bond acceptors (Lipinski definition) is 0. The van der Waals surface area contributed by atoms with Gasteiger partial charge in [-0.15, -0.1) is 0 Å². The molecular formula is C19H38. The highest BCUT2D eigenvalue weighted by molar-refractivity contribution is 4.82. The molecule has 0 heterocycles. The van der Waals surface area contributed by atoms with E-state index in [1.807, 2.05) is 0 Å². The largest absolute Gasteiger partial charge is 0.0649 e. The van der Waals surface area contributed by atoms with Crippen LogP contribution in [0.2, 0.25) is 0 Å². The van der Waals surface area contributed by atoms with E-state index in [1.54, 1.807) is 0 Å². The van der Waals surface area contributed by atoms with E-state index in [1.165, 1.54) is 57.8 Å². The van der Waals surface area contributed by atoms with Gasteiger partial charge < -0.3 is 0 Å². The van der Waals surface area contributed by atoms with Crippen LogP contribution in [0.25, 0.3) is 0 Å². The average molecular weight is 267 g/mol. The Morgan fingerprint density at radius 1 is 0.789 bits per heavy atom. The molecule has 2 rings (SSSR count). The Morgan fingerprint density at radius 2 is 1.32 bits per heavy atom. The van der Waals surface area contributed by atoms with Crippen LogP contribution in [0, 0.1) is 22.7 Å². The van der Waals surface area contributed by atoms with Gasteiger partial charge in [-0.05, 0) is 35.5 Å². The van der Waals surface area contributed by atoms with Crippen LogP contribution in [0.5, 0.6) is 0 Å². The number of rotatable bonds is 1. The Kier molecular flexibility index (Phi) is 6.40. The SMILES string of the molecule is CC1CCCCC1(C)C.CCC1(C)CCCCC1C. The lowest BCUT2D eigenvalue weighted by molar-refractivity contribution is 0.125. The molecule has 0 aromatic heterocycles. The van der Waals surface area contributed by atoms with Gasteiger partial charge in [-0.25, -0.2) is 0 Å². The highest BCUT2D eigenvalue weighted by Gasteiger charge is 2.31. The van der Waals surface area contributed by atoms with Crippen LogP contribution >= 0.6 is 0 Å². The monoisotopic (exact) mass is 266 g/mol. The second-order valence-electron chi connectivity index (χ2n) is 8.29. The van der Waals surface area contributed by atoms with E-state index in [0.29, 0.717) is 10.8 Å². The highest BCUT2D eigenvalue weighted by atomic mass is 14.4. The summed E-state index contributed by atoms with van der Waals surface area (Å²) in [6.07, 6.45) is 13.0. The molecule has 114 valence electrons. The molecule has 3 unspecified atom stereocenters. The van der Waals surface area contributed by atoms with Crippen LogP contribution in [0.4, 0.5) is 0 Å². The molecule has 0 aromatic rings. The van der Waals surface area contributed by atoms with Crippen LogP contribution in [-0.4, -0.2) is 0 Å². The van der Waals surface area contributed by atoms with Crippen molar-refractivity contribution in [2.75, 3.05) is 0 Å². The first-order valence-electron chi connectivity index (χ1n) is 8.82. The standard InChI is InChI=1S/C10H20.C9H18/c1-4-10(3)8-6-5-7-9(10)2;1-8-6-4-5-7-9(8,2)3/h9H,4-8H2,1-3H3;8H,4-7H2,1-3H3. The minimum atomic E-state index is 0.637. The van der Waals surface area contributed by atoms with Gasteiger partial charge in [0.15, 0.2) is 0 Å². The third-order valence-corrected chi connectivity index (χ3v) is 6.67. The van der Waals surface area contributed by atoms with Crippen molar-refractivity contribution in [1.82, 2.24) is 0 Å². The normalized spacial score (nSPS) is 38.2. The van der Waals surface area contributed by atoms with Crippen LogP contribution in [0.15, 0.2) is 0 Å². The van der Waals surface area contributed by atoms with E-state index in [0.717, 1.165) is 11.8 Å². The third kappa shape index (κ3) is 4.80. The molecule has 0 radical (unpaired) electrons. The minimum absolute atomic E-state index is 0.637. The van der Waals surface area contributed by atoms with Crippen LogP contribution in [-0.2, 0) is 0 Å². The second-order valence-corrected chi connectivity index (χ2v) is 8.29. The topological polar surface area (TPSA) is 0 Å². The van der Waals surface area contributed by atoms with Crippen molar-refractivity contribution in [3.63, 3.8) is 0 Å². The van der Waals surface area contributed by atoms with E-state index in [4.69, 9.17) is 0 Å².